The van der Waals surface area contributed by atoms with Crippen LogP contribution in [0.1, 0.15) is 0 Å². The molecule has 0 aliphatic heterocycles. The summed E-state index contributed by atoms with van der Waals surface area (Å²) in [4.78, 5) is 10.2. The fraction of sp³-hybridized carbons (Fsp3) is 0.833. The second kappa shape index (κ2) is 5.04. The van der Waals surface area contributed by atoms with E-state index < -0.39 is 30.9 Å². The van der Waals surface area contributed by atoms with Gasteiger partial charge in [0, 0.05) is 7.11 Å². The Morgan fingerprint density at radius 1 is 1.50 bits per heavy atom. The summed E-state index contributed by atoms with van der Waals surface area (Å²) in [5, 5.41) is 34.6. The summed E-state index contributed by atoms with van der Waals surface area (Å²) in [6.07, 6.45) is -4.55. The molecule has 3 atom stereocenters. The van der Waals surface area contributed by atoms with E-state index in [0.717, 1.165) is 7.11 Å². The van der Waals surface area contributed by atoms with Crippen molar-refractivity contribution in [2.75, 3.05) is 13.7 Å². The number of aliphatic hydroxyl groups is 3. The van der Waals surface area contributed by atoms with Gasteiger partial charge in [-0.2, -0.15) is 0 Å². The number of hydrogen-bond donors (Lipinski definition) is 4. The Bertz CT molecular complexity index is 147. The van der Waals surface area contributed by atoms with Crippen LogP contribution >= 0.6 is 0 Å². The molecule has 0 saturated heterocycles. The molecule has 6 heteroatoms. The average molecular weight is 180 g/mol. The van der Waals surface area contributed by atoms with Gasteiger partial charge in [-0.1, -0.05) is 0 Å². The predicted molar refractivity (Wildman–Crippen MR) is 37.5 cm³/mol. The lowest BCUT2D eigenvalue weighted by Crippen LogP contribution is -2.45. The molecule has 0 saturated carbocycles. The molecule has 4 N–H and O–H groups in total. The van der Waals surface area contributed by atoms with E-state index in [1.165, 1.54) is 0 Å². The van der Waals surface area contributed by atoms with Crippen LogP contribution in [0.3, 0.4) is 0 Å². The fourth-order valence-corrected chi connectivity index (χ4v) is 0.741. The Morgan fingerprint density at radius 3 is 2.25 bits per heavy atom. The van der Waals surface area contributed by atoms with Crippen molar-refractivity contribution < 1.29 is 30.0 Å². The third-order valence-electron chi connectivity index (χ3n) is 1.40. The lowest BCUT2D eigenvalue weighted by Gasteiger charge is -2.21. The van der Waals surface area contributed by atoms with Gasteiger partial charge in [0.1, 0.15) is 12.2 Å². The van der Waals surface area contributed by atoms with Crippen LogP contribution in [0.15, 0.2) is 0 Å². The Labute approximate surface area is 69.0 Å². The lowest BCUT2D eigenvalue weighted by molar-refractivity contribution is -0.162. The molecule has 0 amide bonds. The molecular weight excluding hydrogens is 168 g/mol. The van der Waals surface area contributed by atoms with Gasteiger partial charge in [-0.15, -0.1) is 0 Å². The fourth-order valence-electron chi connectivity index (χ4n) is 0.741. The third-order valence-corrected chi connectivity index (χ3v) is 1.40. The van der Waals surface area contributed by atoms with Gasteiger partial charge in [0.15, 0.2) is 6.10 Å². The monoisotopic (exact) mass is 180 g/mol. The lowest BCUT2D eigenvalue weighted by atomic mass is 10.1. The predicted octanol–water partition coefficient (Wildman–Crippen LogP) is -2.20. The van der Waals surface area contributed by atoms with Crippen LogP contribution in [0.25, 0.3) is 0 Å². The first-order valence-corrected chi connectivity index (χ1v) is 3.27. The Balaban J connectivity index is 4.23. The number of methoxy groups -OCH3 is 1. The minimum atomic E-state index is -1.84. The summed E-state index contributed by atoms with van der Waals surface area (Å²) in [6, 6.07) is 0. The van der Waals surface area contributed by atoms with E-state index in [1.54, 1.807) is 0 Å². The zero-order valence-corrected chi connectivity index (χ0v) is 6.54. The van der Waals surface area contributed by atoms with Crippen molar-refractivity contribution in [3.05, 3.63) is 0 Å². The van der Waals surface area contributed by atoms with Crippen LogP contribution in [0.2, 0.25) is 0 Å². The number of rotatable bonds is 5. The Hall–Kier alpha value is -0.690. The van der Waals surface area contributed by atoms with E-state index in [9.17, 15) is 4.79 Å². The maximum absolute atomic E-state index is 10.2. The van der Waals surface area contributed by atoms with Crippen LogP contribution in [0.4, 0.5) is 0 Å². The van der Waals surface area contributed by atoms with Gasteiger partial charge in [-0.05, 0) is 0 Å². The summed E-state index contributed by atoms with van der Waals surface area (Å²) < 4.78 is 4.49. The molecule has 72 valence electrons. The highest BCUT2D eigenvalue weighted by molar-refractivity contribution is 5.72. The third kappa shape index (κ3) is 2.74. The van der Waals surface area contributed by atoms with Crippen molar-refractivity contribution >= 4 is 5.97 Å². The molecule has 12 heavy (non-hydrogen) atoms. The number of ether oxygens (including phenoxy) is 1. The zero-order chi connectivity index (χ0) is 9.72. The normalized spacial score (nSPS) is 18.3. The van der Waals surface area contributed by atoms with Gasteiger partial charge in [0.05, 0.1) is 6.61 Å². The standard InChI is InChI=1S/C6H12O6/c1-12-5(3(8)2-7)4(9)6(10)11/h3-5,7-9H,2H2,1H3,(H,10,11). The Morgan fingerprint density at radius 2 is 2.00 bits per heavy atom. The number of carbonyl (C=O) groups is 1. The molecule has 0 aromatic heterocycles. The molecule has 0 spiro atoms. The highest BCUT2D eigenvalue weighted by Gasteiger charge is 2.31. The molecule has 0 heterocycles. The number of aliphatic hydroxyl groups excluding tert-OH is 3. The van der Waals surface area contributed by atoms with Crippen molar-refractivity contribution in [3.63, 3.8) is 0 Å². The van der Waals surface area contributed by atoms with E-state index in [4.69, 9.17) is 20.4 Å². The van der Waals surface area contributed by atoms with E-state index >= 15 is 0 Å². The second-order valence-electron chi connectivity index (χ2n) is 2.23. The van der Waals surface area contributed by atoms with Gasteiger partial charge in [-0.25, -0.2) is 4.79 Å². The molecule has 0 aliphatic rings. The van der Waals surface area contributed by atoms with Crippen LogP contribution in [0.5, 0.6) is 0 Å². The van der Waals surface area contributed by atoms with Gasteiger partial charge in [-0.3, -0.25) is 0 Å². The van der Waals surface area contributed by atoms with E-state index in [1.807, 2.05) is 0 Å². The first-order chi connectivity index (χ1) is 5.54. The number of carboxylic acids is 1. The zero-order valence-electron chi connectivity index (χ0n) is 6.54. The SMILES string of the molecule is COC(C(O)CO)C(O)C(=O)O. The molecule has 0 rings (SSSR count). The van der Waals surface area contributed by atoms with E-state index in [2.05, 4.69) is 4.74 Å². The summed E-state index contributed by atoms with van der Waals surface area (Å²) in [6.45, 7) is -0.664. The summed E-state index contributed by atoms with van der Waals surface area (Å²) in [5.41, 5.74) is 0. The van der Waals surface area contributed by atoms with Crippen molar-refractivity contribution in [3.8, 4) is 0 Å². The van der Waals surface area contributed by atoms with Crippen molar-refractivity contribution in [2.45, 2.75) is 18.3 Å². The topological polar surface area (TPSA) is 107 Å². The van der Waals surface area contributed by atoms with Gasteiger partial charge < -0.3 is 25.2 Å². The molecule has 0 aliphatic carbocycles. The van der Waals surface area contributed by atoms with Crippen LogP contribution in [-0.4, -0.2) is 58.4 Å². The largest absolute Gasteiger partial charge is 0.479 e. The molecule has 0 aromatic rings. The Kier molecular flexibility index (Phi) is 4.75. The van der Waals surface area contributed by atoms with Crippen molar-refractivity contribution in [1.82, 2.24) is 0 Å². The molecule has 0 radical (unpaired) electrons. The molecule has 0 aromatic carbocycles. The van der Waals surface area contributed by atoms with Gasteiger partial charge in [0.25, 0.3) is 0 Å². The molecule has 3 unspecified atom stereocenters. The number of hydrogen-bond acceptors (Lipinski definition) is 5. The first kappa shape index (κ1) is 11.3. The highest BCUT2D eigenvalue weighted by Crippen LogP contribution is 2.04. The van der Waals surface area contributed by atoms with Crippen molar-refractivity contribution in [2.24, 2.45) is 0 Å². The minimum absolute atomic E-state index is 0.664. The molecular formula is C6H12O6. The van der Waals surface area contributed by atoms with Crippen LogP contribution < -0.4 is 0 Å². The van der Waals surface area contributed by atoms with Crippen LogP contribution in [-0.2, 0) is 9.53 Å². The summed E-state index contributed by atoms with van der Waals surface area (Å²) in [5.74, 6) is -1.51. The molecule has 6 nitrogen and oxygen atoms in total. The number of aliphatic carboxylic acids is 1. The van der Waals surface area contributed by atoms with E-state index in [0.29, 0.717) is 0 Å². The van der Waals surface area contributed by atoms with E-state index in [-0.39, 0.29) is 0 Å². The minimum Gasteiger partial charge on any atom is -0.479 e. The summed E-state index contributed by atoms with van der Waals surface area (Å²) in [7, 11) is 1.13. The van der Waals surface area contributed by atoms with Gasteiger partial charge >= 0.3 is 5.97 Å². The number of carboxylic acid groups (broad SMARTS) is 1. The summed E-state index contributed by atoms with van der Waals surface area (Å²) >= 11 is 0. The first-order valence-electron chi connectivity index (χ1n) is 3.27. The van der Waals surface area contributed by atoms with Gasteiger partial charge in [0.2, 0.25) is 0 Å². The maximum atomic E-state index is 10.2. The maximum Gasteiger partial charge on any atom is 0.335 e. The highest BCUT2D eigenvalue weighted by atomic mass is 16.5. The second-order valence-corrected chi connectivity index (χ2v) is 2.23. The molecule has 0 bridgehead atoms. The smallest absolute Gasteiger partial charge is 0.335 e. The van der Waals surface area contributed by atoms with Crippen LogP contribution in [0, 0.1) is 0 Å². The average Bonchev–Trinajstić information content (AvgIpc) is 2.05. The molecule has 0 fully saturated rings. The van der Waals surface area contributed by atoms with Crippen molar-refractivity contribution in [1.29, 1.82) is 0 Å². The quantitative estimate of drug-likeness (QED) is 0.382.